The monoisotopic (exact) mass is 453 g/mol. The predicted octanol–water partition coefficient (Wildman–Crippen LogP) is 4.15. The maximum absolute atomic E-state index is 12.7. The summed E-state index contributed by atoms with van der Waals surface area (Å²) in [6, 6.07) is 5.84. The second-order valence-electron chi connectivity index (χ2n) is 6.47. The highest BCUT2D eigenvalue weighted by atomic mass is 79.9. The van der Waals surface area contributed by atoms with E-state index in [4.69, 9.17) is 4.74 Å². The summed E-state index contributed by atoms with van der Waals surface area (Å²) >= 11 is 4.78. The Bertz CT molecular complexity index is 842. The number of thioether (sulfide) groups is 1. The quantitative estimate of drug-likeness (QED) is 0.369. The van der Waals surface area contributed by atoms with E-state index in [1.807, 2.05) is 38.3 Å². The number of nitrogens with one attached hydrogen (secondary N) is 1. The van der Waals surface area contributed by atoms with E-state index in [1.165, 1.54) is 25.1 Å². The van der Waals surface area contributed by atoms with Crippen LogP contribution in [0.5, 0.6) is 5.75 Å². The largest absolute Gasteiger partial charge is 0.470 e. The molecule has 1 N–H and O–H groups in total. The van der Waals surface area contributed by atoms with Gasteiger partial charge >= 0.3 is 0 Å². The summed E-state index contributed by atoms with van der Waals surface area (Å²) < 4.78 is 6.89. The van der Waals surface area contributed by atoms with Crippen LogP contribution >= 0.6 is 27.7 Å². The van der Waals surface area contributed by atoms with Gasteiger partial charge < -0.3 is 14.9 Å². The topological polar surface area (TPSA) is 72.8 Å². The molecule has 1 unspecified atom stereocenters. The zero-order valence-electron chi connectivity index (χ0n) is 16.1. The lowest BCUT2D eigenvalue weighted by Gasteiger charge is -2.24. The Kier molecular flexibility index (Phi) is 7.49. The zero-order valence-corrected chi connectivity index (χ0v) is 18.5. The van der Waals surface area contributed by atoms with Gasteiger partial charge in [-0.1, -0.05) is 12.1 Å². The van der Waals surface area contributed by atoms with Gasteiger partial charge in [0.15, 0.2) is 0 Å². The van der Waals surface area contributed by atoms with Crippen molar-refractivity contribution in [3.63, 3.8) is 0 Å². The maximum atomic E-state index is 12.7. The number of pyridine rings is 1. The van der Waals surface area contributed by atoms with Gasteiger partial charge in [-0.2, -0.15) is 0 Å². The average Bonchev–Trinajstić information content (AvgIpc) is 2.62. The summed E-state index contributed by atoms with van der Waals surface area (Å²) in [5, 5.41) is 7.60. The molecule has 1 aromatic heterocycles. The van der Waals surface area contributed by atoms with Crippen LogP contribution in [0.15, 0.2) is 34.0 Å². The molecule has 0 bridgehead atoms. The number of ether oxygens (including phenoxy) is 1. The van der Waals surface area contributed by atoms with Crippen LogP contribution in [0, 0.1) is 0 Å². The molecule has 1 heterocycles. The maximum Gasteiger partial charge on any atom is 0.272 e. The number of carbonyl (C=O) groups is 1. The Morgan fingerprint density at radius 1 is 1.44 bits per heavy atom. The molecule has 0 aliphatic rings. The van der Waals surface area contributed by atoms with Gasteiger partial charge in [-0.3, -0.25) is 9.78 Å². The summed E-state index contributed by atoms with van der Waals surface area (Å²) in [7, 11) is 1.46. The molecule has 1 atom stereocenters. The van der Waals surface area contributed by atoms with Crippen molar-refractivity contribution >= 4 is 50.7 Å². The van der Waals surface area contributed by atoms with E-state index in [0.717, 1.165) is 27.4 Å². The number of aryl methyl sites for hydroxylation is 1. The molecule has 0 fully saturated rings. The SMILES string of the molecule is CCc1cc(OC(SC)C(=O)NC(C)(C)C=NOC)cc2cc(Br)cnc12. The Hall–Kier alpha value is -1.80. The van der Waals surface area contributed by atoms with E-state index in [0.29, 0.717) is 5.75 Å². The van der Waals surface area contributed by atoms with E-state index in [1.54, 1.807) is 6.20 Å². The molecule has 0 radical (unpaired) electrons. The standard InChI is InChI=1S/C19H24BrN3O3S/c1-6-12-8-15(9-13-7-14(20)10-21-16(12)13)26-18(27-5)17(24)23-19(2,3)11-22-25-4/h7-11,18H,6H2,1-5H3,(H,23,24). The lowest BCUT2D eigenvalue weighted by Crippen LogP contribution is -2.49. The van der Waals surface area contributed by atoms with Crippen molar-refractivity contribution in [1.82, 2.24) is 10.3 Å². The summed E-state index contributed by atoms with van der Waals surface area (Å²) in [5.41, 5.74) is 0.664. The fourth-order valence-corrected chi connectivity index (χ4v) is 3.36. The van der Waals surface area contributed by atoms with Crippen molar-refractivity contribution in [3.05, 3.63) is 34.4 Å². The van der Waals surface area contributed by atoms with Crippen molar-refractivity contribution in [3.8, 4) is 5.75 Å². The lowest BCUT2D eigenvalue weighted by molar-refractivity contribution is -0.125. The zero-order chi connectivity index (χ0) is 20.0. The number of halogens is 1. The third-order valence-electron chi connectivity index (χ3n) is 3.78. The number of aromatic nitrogens is 1. The van der Waals surface area contributed by atoms with Crippen molar-refractivity contribution < 1.29 is 14.4 Å². The van der Waals surface area contributed by atoms with Gasteiger partial charge in [-0.25, -0.2) is 0 Å². The molecule has 146 valence electrons. The Labute approximate surface area is 172 Å². The Morgan fingerprint density at radius 3 is 2.81 bits per heavy atom. The summed E-state index contributed by atoms with van der Waals surface area (Å²) in [6.45, 7) is 5.73. The fraction of sp³-hybridized carbons (Fsp3) is 0.421. The molecule has 0 saturated heterocycles. The summed E-state index contributed by atoms with van der Waals surface area (Å²) in [4.78, 5) is 21.8. The third kappa shape index (κ3) is 5.84. The highest BCUT2D eigenvalue weighted by Crippen LogP contribution is 2.28. The van der Waals surface area contributed by atoms with Crippen LogP contribution in [0.1, 0.15) is 26.3 Å². The molecular formula is C19H24BrN3O3S. The van der Waals surface area contributed by atoms with Crippen molar-refractivity contribution in [1.29, 1.82) is 0 Å². The van der Waals surface area contributed by atoms with Crippen LogP contribution in [-0.2, 0) is 16.1 Å². The number of nitrogens with zero attached hydrogens (tertiary/aromatic N) is 2. The van der Waals surface area contributed by atoms with E-state index in [2.05, 4.69) is 43.1 Å². The molecule has 0 aliphatic carbocycles. The Morgan fingerprint density at radius 2 is 2.19 bits per heavy atom. The van der Waals surface area contributed by atoms with E-state index in [9.17, 15) is 4.79 Å². The van der Waals surface area contributed by atoms with Crippen molar-refractivity contribution in [2.45, 2.75) is 38.2 Å². The first-order valence-corrected chi connectivity index (χ1v) is 10.5. The van der Waals surface area contributed by atoms with Crippen LogP contribution < -0.4 is 10.1 Å². The summed E-state index contributed by atoms with van der Waals surface area (Å²) in [6.07, 6.45) is 5.97. The van der Waals surface area contributed by atoms with Crippen molar-refractivity contribution in [2.24, 2.45) is 5.16 Å². The van der Waals surface area contributed by atoms with Gasteiger partial charge in [0.25, 0.3) is 5.91 Å². The van der Waals surface area contributed by atoms with Crippen molar-refractivity contribution in [2.75, 3.05) is 13.4 Å². The molecule has 1 amide bonds. The van der Waals surface area contributed by atoms with Gasteiger partial charge in [-0.15, -0.1) is 11.8 Å². The smallest absolute Gasteiger partial charge is 0.272 e. The number of hydrogen-bond donors (Lipinski definition) is 1. The molecule has 0 saturated carbocycles. The average molecular weight is 454 g/mol. The number of rotatable bonds is 8. The fourth-order valence-electron chi connectivity index (χ4n) is 2.53. The van der Waals surface area contributed by atoms with Gasteiger partial charge in [-0.05, 0) is 66.2 Å². The predicted molar refractivity (Wildman–Crippen MR) is 114 cm³/mol. The first-order valence-electron chi connectivity index (χ1n) is 8.47. The second kappa shape index (κ2) is 9.41. The molecule has 0 aliphatic heterocycles. The molecule has 6 nitrogen and oxygen atoms in total. The molecule has 2 aromatic rings. The number of oxime groups is 1. The van der Waals surface area contributed by atoms with Crippen LogP contribution in [0.3, 0.4) is 0 Å². The normalized spacial score (nSPS) is 13.0. The summed E-state index contributed by atoms with van der Waals surface area (Å²) in [5.74, 6) is 0.401. The second-order valence-corrected chi connectivity index (χ2v) is 8.29. The number of amides is 1. The van der Waals surface area contributed by atoms with Crippen LogP contribution in [0.4, 0.5) is 0 Å². The Balaban J connectivity index is 2.25. The molecular weight excluding hydrogens is 430 g/mol. The van der Waals surface area contributed by atoms with Crippen LogP contribution in [-0.4, -0.2) is 41.4 Å². The van der Waals surface area contributed by atoms with Crippen LogP contribution in [0.2, 0.25) is 0 Å². The number of fused-ring (bicyclic) bond motifs is 1. The number of hydrogen-bond acceptors (Lipinski definition) is 6. The third-order valence-corrected chi connectivity index (χ3v) is 4.95. The minimum atomic E-state index is -0.692. The van der Waals surface area contributed by atoms with E-state index < -0.39 is 11.0 Å². The number of benzene rings is 1. The molecule has 27 heavy (non-hydrogen) atoms. The van der Waals surface area contributed by atoms with E-state index in [-0.39, 0.29) is 5.91 Å². The highest BCUT2D eigenvalue weighted by Gasteiger charge is 2.26. The van der Waals surface area contributed by atoms with Gasteiger partial charge in [0, 0.05) is 16.1 Å². The minimum absolute atomic E-state index is 0.236. The number of carbonyl (C=O) groups excluding carboxylic acids is 1. The van der Waals surface area contributed by atoms with Gasteiger partial charge in [0.05, 0.1) is 17.3 Å². The molecule has 2 rings (SSSR count). The molecule has 0 spiro atoms. The van der Waals surface area contributed by atoms with Gasteiger partial charge in [0.1, 0.15) is 12.9 Å². The van der Waals surface area contributed by atoms with Gasteiger partial charge in [0.2, 0.25) is 5.44 Å². The first kappa shape index (κ1) is 21.5. The molecule has 1 aromatic carbocycles. The highest BCUT2D eigenvalue weighted by molar-refractivity contribution is 9.10. The lowest BCUT2D eigenvalue weighted by atomic mass is 10.1. The minimum Gasteiger partial charge on any atom is -0.470 e. The first-order chi connectivity index (χ1) is 12.8. The van der Waals surface area contributed by atoms with E-state index >= 15 is 0 Å². The van der Waals surface area contributed by atoms with Crippen LogP contribution in [0.25, 0.3) is 10.9 Å². The molecule has 8 heteroatoms.